The number of thiophene rings is 1. The van der Waals surface area contributed by atoms with Crippen molar-refractivity contribution in [1.82, 2.24) is 14.8 Å². The fraction of sp³-hybridized carbons (Fsp3) is 0.333. The van der Waals surface area contributed by atoms with Crippen LogP contribution in [-0.2, 0) is 13.0 Å². The van der Waals surface area contributed by atoms with Gasteiger partial charge in [0.25, 0.3) is 0 Å². The summed E-state index contributed by atoms with van der Waals surface area (Å²) in [6.07, 6.45) is 2.67. The number of hydrogen-bond acceptors (Lipinski definition) is 4. The lowest BCUT2D eigenvalue weighted by atomic mass is 10.0. The summed E-state index contributed by atoms with van der Waals surface area (Å²) in [5.74, 6) is 0. The van der Waals surface area contributed by atoms with Crippen LogP contribution >= 0.6 is 11.3 Å². The number of hydrogen-bond donors (Lipinski definition) is 1. The minimum atomic E-state index is -0.0459. The molecule has 1 unspecified atom stereocenters. The second kappa shape index (κ2) is 5.34. The molecule has 0 amide bonds. The smallest absolute Gasteiger partial charge is 0.0809 e. The summed E-state index contributed by atoms with van der Waals surface area (Å²) in [6, 6.07) is 6.25. The van der Waals surface area contributed by atoms with E-state index < -0.39 is 0 Å². The van der Waals surface area contributed by atoms with E-state index in [9.17, 15) is 0 Å². The van der Waals surface area contributed by atoms with Crippen LogP contribution in [0.2, 0.25) is 0 Å². The van der Waals surface area contributed by atoms with E-state index in [0.717, 1.165) is 29.7 Å². The molecule has 3 heterocycles. The maximum absolute atomic E-state index is 6.34. The molecule has 0 saturated heterocycles. The van der Waals surface area contributed by atoms with Crippen molar-refractivity contribution >= 4 is 21.6 Å². The molecule has 104 valence electrons. The van der Waals surface area contributed by atoms with E-state index in [1.54, 1.807) is 11.3 Å². The van der Waals surface area contributed by atoms with Gasteiger partial charge in [-0.3, -0.25) is 9.67 Å². The third-order valence-electron chi connectivity index (χ3n) is 3.47. The number of fused-ring (bicyclic) bond motifs is 1. The number of nitrogens with zero attached hydrogens (tertiary/aromatic N) is 3. The van der Waals surface area contributed by atoms with Gasteiger partial charge in [-0.25, -0.2) is 0 Å². The van der Waals surface area contributed by atoms with Crippen LogP contribution in [0.4, 0.5) is 0 Å². The Balaban J connectivity index is 1.86. The predicted molar refractivity (Wildman–Crippen MR) is 82.9 cm³/mol. The summed E-state index contributed by atoms with van der Waals surface area (Å²) in [5, 5.41) is 6.52. The van der Waals surface area contributed by atoms with E-state index in [4.69, 9.17) is 5.73 Å². The second-order valence-corrected chi connectivity index (χ2v) is 5.92. The van der Waals surface area contributed by atoms with Gasteiger partial charge in [-0.15, -0.1) is 11.3 Å². The molecule has 2 N–H and O–H groups in total. The molecule has 0 aliphatic rings. The molecule has 3 aromatic heterocycles. The van der Waals surface area contributed by atoms with Crippen molar-refractivity contribution < 1.29 is 0 Å². The summed E-state index contributed by atoms with van der Waals surface area (Å²) < 4.78 is 3.21. The highest BCUT2D eigenvalue weighted by Gasteiger charge is 2.12. The van der Waals surface area contributed by atoms with Crippen LogP contribution in [-0.4, -0.2) is 14.8 Å². The first kappa shape index (κ1) is 13.3. The maximum atomic E-state index is 6.34. The van der Waals surface area contributed by atoms with Crippen LogP contribution in [0, 0.1) is 6.92 Å². The summed E-state index contributed by atoms with van der Waals surface area (Å²) in [6.45, 7) is 4.99. The summed E-state index contributed by atoms with van der Waals surface area (Å²) in [4.78, 5) is 4.46. The van der Waals surface area contributed by atoms with Crippen LogP contribution in [0.5, 0.6) is 0 Å². The lowest BCUT2D eigenvalue weighted by molar-refractivity contribution is 0.587. The van der Waals surface area contributed by atoms with Gasteiger partial charge < -0.3 is 5.73 Å². The molecule has 3 aromatic rings. The van der Waals surface area contributed by atoms with Gasteiger partial charge in [-0.05, 0) is 43.0 Å². The van der Waals surface area contributed by atoms with Crippen LogP contribution in [0.25, 0.3) is 10.2 Å². The molecule has 4 nitrogen and oxygen atoms in total. The SMILES string of the molecule is CCn1nc(C)cc1CC(N)c1cnc2ccsc2c1. The van der Waals surface area contributed by atoms with Gasteiger partial charge >= 0.3 is 0 Å². The minimum absolute atomic E-state index is 0.0459. The molecule has 0 fully saturated rings. The second-order valence-electron chi connectivity index (χ2n) is 4.98. The predicted octanol–water partition coefficient (Wildman–Crippen LogP) is 3.06. The minimum Gasteiger partial charge on any atom is -0.324 e. The van der Waals surface area contributed by atoms with Gasteiger partial charge in [-0.1, -0.05) is 0 Å². The first-order valence-electron chi connectivity index (χ1n) is 6.79. The molecule has 0 saturated carbocycles. The van der Waals surface area contributed by atoms with E-state index in [2.05, 4.69) is 34.5 Å². The fourth-order valence-corrected chi connectivity index (χ4v) is 3.23. The molecule has 20 heavy (non-hydrogen) atoms. The topological polar surface area (TPSA) is 56.7 Å². The Morgan fingerprint density at radius 2 is 2.25 bits per heavy atom. The van der Waals surface area contributed by atoms with Crippen LogP contribution in [0.1, 0.15) is 29.9 Å². The van der Waals surface area contributed by atoms with E-state index in [1.807, 2.05) is 23.9 Å². The average Bonchev–Trinajstić information content (AvgIpc) is 3.03. The van der Waals surface area contributed by atoms with Gasteiger partial charge in [0.1, 0.15) is 0 Å². The van der Waals surface area contributed by atoms with Gasteiger partial charge in [0.05, 0.1) is 15.9 Å². The molecule has 0 spiro atoms. The molecular formula is C15H18N4S. The van der Waals surface area contributed by atoms with Gasteiger partial charge in [0.2, 0.25) is 0 Å². The quantitative estimate of drug-likeness (QED) is 0.802. The molecule has 5 heteroatoms. The number of pyridine rings is 1. The van der Waals surface area contributed by atoms with Crippen molar-refractivity contribution in [2.75, 3.05) is 0 Å². The molecule has 0 bridgehead atoms. The first-order chi connectivity index (χ1) is 9.67. The Bertz CT molecular complexity index is 728. The standard InChI is InChI=1S/C15H18N4S/c1-3-19-12(6-10(2)18-19)8-13(16)11-7-15-14(17-9-11)4-5-20-15/h4-7,9,13H,3,8,16H2,1-2H3. The normalized spacial score (nSPS) is 12.9. The third-order valence-corrected chi connectivity index (χ3v) is 4.32. The van der Waals surface area contributed by atoms with Gasteiger partial charge in [-0.2, -0.15) is 5.10 Å². The van der Waals surface area contributed by atoms with Crippen molar-refractivity contribution in [3.8, 4) is 0 Å². The number of aryl methyl sites for hydroxylation is 2. The molecular weight excluding hydrogens is 268 g/mol. The lowest BCUT2D eigenvalue weighted by Crippen LogP contribution is -2.16. The summed E-state index contributed by atoms with van der Waals surface area (Å²) >= 11 is 1.70. The number of aromatic nitrogens is 3. The van der Waals surface area contributed by atoms with Crippen LogP contribution in [0.3, 0.4) is 0 Å². The van der Waals surface area contributed by atoms with E-state index in [0.29, 0.717) is 0 Å². The summed E-state index contributed by atoms with van der Waals surface area (Å²) in [7, 11) is 0. The monoisotopic (exact) mass is 286 g/mol. The summed E-state index contributed by atoms with van der Waals surface area (Å²) in [5.41, 5.74) is 10.7. The molecule has 0 aliphatic carbocycles. The molecule has 0 aliphatic heterocycles. The Morgan fingerprint density at radius 3 is 3.05 bits per heavy atom. The molecule has 0 aromatic carbocycles. The number of rotatable bonds is 4. The molecule has 1 atom stereocenters. The fourth-order valence-electron chi connectivity index (χ4n) is 2.44. The Hall–Kier alpha value is -1.72. The zero-order chi connectivity index (χ0) is 14.1. The zero-order valence-corrected chi connectivity index (χ0v) is 12.5. The zero-order valence-electron chi connectivity index (χ0n) is 11.7. The van der Waals surface area contributed by atoms with E-state index in [1.165, 1.54) is 10.4 Å². The van der Waals surface area contributed by atoms with Gasteiger partial charge in [0, 0.05) is 30.9 Å². The largest absolute Gasteiger partial charge is 0.324 e. The van der Waals surface area contributed by atoms with E-state index >= 15 is 0 Å². The lowest BCUT2D eigenvalue weighted by Gasteiger charge is -2.12. The molecule has 0 radical (unpaired) electrons. The highest BCUT2D eigenvalue weighted by atomic mass is 32.1. The van der Waals surface area contributed by atoms with Crippen LogP contribution < -0.4 is 5.73 Å². The van der Waals surface area contributed by atoms with Crippen LogP contribution in [0.15, 0.2) is 29.8 Å². The van der Waals surface area contributed by atoms with Crippen molar-refractivity contribution in [3.05, 3.63) is 46.7 Å². The highest BCUT2D eigenvalue weighted by Crippen LogP contribution is 2.23. The maximum Gasteiger partial charge on any atom is 0.0809 e. The third kappa shape index (κ3) is 2.46. The average molecular weight is 286 g/mol. The number of nitrogens with two attached hydrogens (primary N) is 1. The van der Waals surface area contributed by atoms with Crippen molar-refractivity contribution in [2.24, 2.45) is 5.73 Å². The van der Waals surface area contributed by atoms with Crippen molar-refractivity contribution in [3.63, 3.8) is 0 Å². The Kier molecular flexibility index (Phi) is 3.54. The Labute approximate surface area is 122 Å². The molecule has 3 rings (SSSR count). The van der Waals surface area contributed by atoms with Crippen molar-refractivity contribution in [2.45, 2.75) is 32.9 Å². The van der Waals surface area contributed by atoms with E-state index in [-0.39, 0.29) is 6.04 Å². The van der Waals surface area contributed by atoms with Crippen molar-refractivity contribution in [1.29, 1.82) is 0 Å². The van der Waals surface area contributed by atoms with Gasteiger partial charge in [0.15, 0.2) is 0 Å². The Morgan fingerprint density at radius 1 is 1.40 bits per heavy atom. The highest BCUT2D eigenvalue weighted by molar-refractivity contribution is 7.17. The first-order valence-corrected chi connectivity index (χ1v) is 7.67.